The summed E-state index contributed by atoms with van der Waals surface area (Å²) in [6.45, 7) is 2.15. The molecule has 0 atom stereocenters. The first kappa shape index (κ1) is 24.7. The highest BCUT2D eigenvalue weighted by Crippen LogP contribution is 2.36. The lowest BCUT2D eigenvalue weighted by atomic mass is 9.94. The van der Waals surface area contributed by atoms with E-state index >= 15 is 0 Å². The number of methoxy groups -OCH3 is 2. The Morgan fingerprint density at radius 2 is 1.06 bits per heavy atom. The van der Waals surface area contributed by atoms with Crippen molar-refractivity contribution >= 4 is 10.8 Å². The number of halogens is 1. The third-order valence-corrected chi connectivity index (χ3v) is 6.55. The Kier molecular flexibility index (Phi) is 7.41. The van der Waals surface area contributed by atoms with Gasteiger partial charge in [-0.2, -0.15) is 4.57 Å². The fourth-order valence-corrected chi connectivity index (χ4v) is 4.58. The number of nitrogens with zero attached hydrogens (tertiary/aromatic N) is 1. The van der Waals surface area contributed by atoms with Crippen LogP contribution in [0.4, 0.5) is 0 Å². The summed E-state index contributed by atoms with van der Waals surface area (Å²) in [7, 11) is 5.47. The molecule has 0 radical (unpaired) electrons. The summed E-state index contributed by atoms with van der Waals surface area (Å²) in [5, 5.41) is 2.26. The fraction of sp³-hybridized carbons (Fsp3) is 0.129. The summed E-state index contributed by atoms with van der Waals surface area (Å²) in [4.78, 5) is 0. The summed E-state index contributed by atoms with van der Waals surface area (Å²) in [5.41, 5.74) is 8.28. The second-order valence-corrected chi connectivity index (χ2v) is 8.50. The molecule has 0 aliphatic rings. The van der Waals surface area contributed by atoms with Gasteiger partial charge in [-0.25, -0.2) is 0 Å². The van der Waals surface area contributed by atoms with E-state index < -0.39 is 0 Å². The lowest BCUT2D eigenvalue weighted by Crippen LogP contribution is -3.00. The van der Waals surface area contributed by atoms with Gasteiger partial charge in [0, 0.05) is 18.6 Å². The minimum atomic E-state index is 0. The van der Waals surface area contributed by atoms with E-state index in [9.17, 15) is 0 Å². The molecule has 0 aliphatic carbocycles. The van der Waals surface area contributed by atoms with Crippen LogP contribution in [0.1, 0.15) is 5.69 Å². The minimum Gasteiger partial charge on any atom is -1.00 e. The minimum absolute atomic E-state index is 0. The second kappa shape index (κ2) is 10.5. The van der Waals surface area contributed by atoms with E-state index in [0.29, 0.717) is 0 Å². The Hall–Kier alpha value is -3.38. The van der Waals surface area contributed by atoms with Crippen LogP contribution in [0.15, 0.2) is 97.1 Å². The summed E-state index contributed by atoms with van der Waals surface area (Å²) in [6, 6.07) is 34.3. The molecular formula is C31H28INO2. The molecule has 0 fully saturated rings. The van der Waals surface area contributed by atoms with E-state index in [4.69, 9.17) is 9.47 Å². The van der Waals surface area contributed by atoms with Crippen LogP contribution in [0.5, 0.6) is 11.5 Å². The summed E-state index contributed by atoms with van der Waals surface area (Å²) < 4.78 is 13.4. The van der Waals surface area contributed by atoms with Gasteiger partial charge in [-0.15, -0.1) is 0 Å². The molecular weight excluding hydrogens is 545 g/mol. The highest BCUT2D eigenvalue weighted by Gasteiger charge is 2.20. The fourth-order valence-electron chi connectivity index (χ4n) is 4.58. The number of ether oxygens (including phenoxy) is 2. The van der Waals surface area contributed by atoms with Gasteiger partial charge in [0.15, 0.2) is 17.2 Å². The number of pyridine rings is 1. The van der Waals surface area contributed by atoms with Crippen molar-refractivity contribution in [2.45, 2.75) is 6.92 Å². The quantitative estimate of drug-likeness (QED) is 0.235. The number of fused-ring (bicyclic) bond motifs is 1. The number of aromatic nitrogens is 1. The number of aryl methyl sites for hydroxylation is 1. The molecule has 0 unspecified atom stereocenters. The Morgan fingerprint density at radius 1 is 0.571 bits per heavy atom. The topological polar surface area (TPSA) is 22.3 Å². The van der Waals surface area contributed by atoms with E-state index in [0.717, 1.165) is 28.0 Å². The van der Waals surface area contributed by atoms with Crippen molar-refractivity contribution in [2.75, 3.05) is 14.2 Å². The van der Waals surface area contributed by atoms with Crippen molar-refractivity contribution in [3.05, 3.63) is 103 Å². The van der Waals surface area contributed by atoms with Gasteiger partial charge in [0.25, 0.3) is 0 Å². The highest BCUT2D eigenvalue weighted by atomic mass is 127. The summed E-state index contributed by atoms with van der Waals surface area (Å²) in [5.74, 6) is 1.47. The molecule has 0 saturated heterocycles. The Balaban J connectivity index is 0.00000289. The van der Waals surface area contributed by atoms with Crippen molar-refractivity contribution in [3.8, 4) is 45.0 Å². The van der Waals surface area contributed by atoms with Crippen LogP contribution in [0.2, 0.25) is 0 Å². The Labute approximate surface area is 224 Å². The molecule has 4 heteroatoms. The SMILES string of the molecule is COc1cc2cc(-c3cc(-c4ccccc4)cc(-c4ccccc4)c3)[n+](C)c(C)c2cc1OC.[I-]. The van der Waals surface area contributed by atoms with Crippen molar-refractivity contribution in [1.29, 1.82) is 0 Å². The van der Waals surface area contributed by atoms with E-state index in [1.165, 1.54) is 33.5 Å². The van der Waals surface area contributed by atoms with Gasteiger partial charge in [-0.3, -0.25) is 0 Å². The van der Waals surface area contributed by atoms with Gasteiger partial charge < -0.3 is 33.5 Å². The van der Waals surface area contributed by atoms with Gasteiger partial charge in [-0.1, -0.05) is 60.7 Å². The molecule has 1 aromatic heterocycles. The first-order valence-corrected chi connectivity index (χ1v) is 11.4. The van der Waals surface area contributed by atoms with E-state index in [1.54, 1.807) is 14.2 Å². The number of hydrogen-bond acceptors (Lipinski definition) is 2. The molecule has 5 aromatic rings. The van der Waals surface area contributed by atoms with Crippen molar-refractivity contribution in [1.82, 2.24) is 0 Å². The third-order valence-electron chi connectivity index (χ3n) is 6.55. The molecule has 4 aromatic carbocycles. The van der Waals surface area contributed by atoms with Crippen molar-refractivity contribution in [2.24, 2.45) is 7.05 Å². The zero-order valence-corrected chi connectivity index (χ0v) is 22.5. The molecule has 0 amide bonds. The van der Waals surface area contributed by atoms with Crippen LogP contribution in [-0.4, -0.2) is 14.2 Å². The molecule has 0 bridgehead atoms. The van der Waals surface area contributed by atoms with Crippen LogP contribution >= 0.6 is 0 Å². The van der Waals surface area contributed by atoms with E-state index in [2.05, 4.69) is 116 Å². The molecule has 0 aliphatic heterocycles. The molecule has 176 valence electrons. The van der Waals surface area contributed by atoms with E-state index in [1.807, 2.05) is 0 Å². The molecule has 35 heavy (non-hydrogen) atoms. The monoisotopic (exact) mass is 573 g/mol. The zero-order valence-electron chi connectivity index (χ0n) is 20.4. The average Bonchev–Trinajstić information content (AvgIpc) is 2.90. The maximum absolute atomic E-state index is 5.58. The maximum atomic E-state index is 5.58. The standard InChI is InChI=1S/C31H28NO2.HI/c1-21-28-20-31(34-4)30(33-3)19-26(28)18-29(32(21)2)27-16-24(22-11-7-5-8-12-22)15-25(17-27)23-13-9-6-10-14-23;/h5-20H,1-4H3;1H/q+1;/p-1. The van der Waals surface area contributed by atoms with Crippen LogP contribution in [0.25, 0.3) is 44.3 Å². The number of rotatable bonds is 5. The molecule has 0 spiro atoms. The zero-order chi connectivity index (χ0) is 23.7. The average molecular weight is 573 g/mol. The van der Waals surface area contributed by atoms with Crippen LogP contribution in [0, 0.1) is 6.92 Å². The normalized spacial score (nSPS) is 10.6. The largest absolute Gasteiger partial charge is 1.00 e. The Bertz CT molecular complexity index is 1420. The lowest BCUT2D eigenvalue weighted by molar-refractivity contribution is -0.665. The first-order valence-electron chi connectivity index (χ1n) is 11.4. The lowest BCUT2D eigenvalue weighted by Gasteiger charge is -2.13. The maximum Gasteiger partial charge on any atom is 0.213 e. The molecule has 3 nitrogen and oxygen atoms in total. The first-order chi connectivity index (χ1) is 16.6. The number of benzene rings is 4. The molecule has 5 rings (SSSR count). The second-order valence-electron chi connectivity index (χ2n) is 8.50. The smallest absolute Gasteiger partial charge is 0.213 e. The van der Waals surface area contributed by atoms with Crippen LogP contribution < -0.4 is 38.0 Å². The van der Waals surface area contributed by atoms with E-state index in [-0.39, 0.29) is 24.0 Å². The van der Waals surface area contributed by atoms with Crippen molar-refractivity contribution < 1.29 is 38.0 Å². The summed E-state index contributed by atoms with van der Waals surface area (Å²) in [6.07, 6.45) is 0. The molecule has 0 N–H and O–H groups in total. The van der Waals surface area contributed by atoms with Gasteiger partial charge in [0.2, 0.25) is 5.69 Å². The van der Waals surface area contributed by atoms with Gasteiger partial charge >= 0.3 is 0 Å². The van der Waals surface area contributed by atoms with Gasteiger partial charge in [-0.05, 0) is 58.0 Å². The van der Waals surface area contributed by atoms with Gasteiger partial charge in [0.1, 0.15) is 7.05 Å². The van der Waals surface area contributed by atoms with Crippen LogP contribution in [0.3, 0.4) is 0 Å². The summed E-state index contributed by atoms with van der Waals surface area (Å²) >= 11 is 0. The van der Waals surface area contributed by atoms with Crippen LogP contribution in [-0.2, 0) is 7.05 Å². The molecule has 0 saturated carbocycles. The predicted octanol–water partition coefficient (Wildman–Crippen LogP) is 3.99. The Morgan fingerprint density at radius 3 is 1.57 bits per heavy atom. The molecule has 1 heterocycles. The third kappa shape index (κ3) is 4.76. The van der Waals surface area contributed by atoms with Crippen molar-refractivity contribution in [3.63, 3.8) is 0 Å². The van der Waals surface area contributed by atoms with Gasteiger partial charge in [0.05, 0.1) is 19.6 Å². The highest BCUT2D eigenvalue weighted by molar-refractivity contribution is 5.90. The predicted molar refractivity (Wildman–Crippen MR) is 139 cm³/mol. The number of hydrogen-bond donors (Lipinski definition) is 0.